The molecule has 3 rings (SSSR count). The summed E-state index contributed by atoms with van der Waals surface area (Å²) in [5, 5.41) is 0.483. The minimum Gasteiger partial charge on any atom is -0.461 e. The smallest absolute Gasteiger partial charge is 0.306 e. The van der Waals surface area contributed by atoms with Crippen molar-refractivity contribution in [2.75, 3.05) is 5.75 Å². The molecular weight excluding hydrogens is 324 g/mol. The van der Waals surface area contributed by atoms with Crippen LogP contribution in [0.2, 0.25) is 0 Å². The summed E-state index contributed by atoms with van der Waals surface area (Å²) in [7, 11) is 0. The third-order valence-electron chi connectivity index (χ3n) is 4.42. The number of benzene rings is 1. The maximum Gasteiger partial charge on any atom is 0.306 e. The molecule has 0 N–H and O–H groups in total. The van der Waals surface area contributed by atoms with Crippen molar-refractivity contribution >= 4 is 17.7 Å². The Hall–Kier alpha value is -1.04. The fourth-order valence-electron chi connectivity index (χ4n) is 3.29. The number of rotatable bonds is 7. The van der Waals surface area contributed by atoms with E-state index < -0.39 is 5.79 Å². The lowest BCUT2D eigenvalue weighted by atomic mass is 10.1. The summed E-state index contributed by atoms with van der Waals surface area (Å²) >= 11 is 1.94. The van der Waals surface area contributed by atoms with Gasteiger partial charge >= 0.3 is 5.97 Å². The van der Waals surface area contributed by atoms with E-state index in [9.17, 15) is 4.79 Å². The molecule has 2 saturated heterocycles. The maximum atomic E-state index is 11.8. The van der Waals surface area contributed by atoms with Crippen LogP contribution < -0.4 is 0 Å². The topological polar surface area (TPSA) is 44.8 Å². The van der Waals surface area contributed by atoms with Gasteiger partial charge in [-0.1, -0.05) is 36.8 Å². The van der Waals surface area contributed by atoms with E-state index in [1.165, 1.54) is 0 Å². The van der Waals surface area contributed by atoms with E-state index in [2.05, 4.69) is 0 Å². The summed E-state index contributed by atoms with van der Waals surface area (Å²) in [5.41, 5.74) is 1.03. The van der Waals surface area contributed by atoms with Crippen molar-refractivity contribution in [3.05, 3.63) is 35.9 Å². The Morgan fingerprint density at radius 3 is 2.83 bits per heavy atom. The van der Waals surface area contributed by atoms with Crippen LogP contribution in [0, 0.1) is 0 Å². The molecule has 0 bridgehead atoms. The minimum atomic E-state index is -0.449. The highest BCUT2D eigenvalue weighted by molar-refractivity contribution is 8.00. The molecule has 0 saturated carbocycles. The summed E-state index contributed by atoms with van der Waals surface area (Å²) in [6, 6.07) is 9.78. The molecule has 0 aromatic heterocycles. The van der Waals surface area contributed by atoms with Gasteiger partial charge < -0.3 is 14.2 Å². The van der Waals surface area contributed by atoms with Crippen LogP contribution in [0.4, 0.5) is 0 Å². The Kier molecular flexibility index (Phi) is 5.85. The van der Waals surface area contributed by atoms with Crippen LogP contribution in [0.15, 0.2) is 30.3 Å². The number of fused-ring (bicyclic) bond motifs is 1. The van der Waals surface area contributed by atoms with Crippen molar-refractivity contribution in [3.8, 4) is 0 Å². The Labute approximate surface area is 148 Å². The molecule has 24 heavy (non-hydrogen) atoms. The van der Waals surface area contributed by atoms with Gasteiger partial charge in [0, 0.05) is 17.4 Å². The van der Waals surface area contributed by atoms with Crippen molar-refractivity contribution in [2.24, 2.45) is 0 Å². The van der Waals surface area contributed by atoms with Crippen LogP contribution in [0.3, 0.4) is 0 Å². The van der Waals surface area contributed by atoms with E-state index in [1.807, 2.05) is 55.9 Å². The van der Waals surface area contributed by atoms with E-state index in [0.717, 1.165) is 30.6 Å². The van der Waals surface area contributed by atoms with Gasteiger partial charge in [-0.15, -0.1) is 0 Å². The van der Waals surface area contributed by atoms with Gasteiger partial charge in [-0.25, -0.2) is 0 Å². The molecule has 1 aromatic rings. The van der Waals surface area contributed by atoms with Crippen LogP contribution >= 0.6 is 11.8 Å². The number of esters is 1. The quantitative estimate of drug-likeness (QED) is 0.551. The van der Waals surface area contributed by atoms with Crippen molar-refractivity contribution in [3.63, 3.8) is 0 Å². The van der Waals surface area contributed by atoms with Gasteiger partial charge in [-0.2, -0.15) is 11.8 Å². The van der Waals surface area contributed by atoms with Gasteiger partial charge in [0.05, 0.1) is 12.2 Å². The van der Waals surface area contributed by atoms with E-state index in [4.69, 9.17) is 14.2 Å². The van der Waals surface area contributed by atoms with Crippen molar-refractivity contribution < 1.29 is 19.0 Å². The molecule has 4 nitrogen and oxygen atoms in total. The number of thioether (sulfide) groups is 1. The fourth-order valence-corrected chi connectivity index (χ4v) is 4.74. The van der Waals surface area contributed by atoms with E-state index in [0.29, 0.717) is 18.3 Å². The lowest BCUT2D eigenvalue weighted by Crippen LogP contribution is -2.27. The van der Waals surface area contributed by atoms with Gasteiger partial charge in [0.2, 0.25) is 0 Å². The van der Waals surface area contributed by atoms with Crippen LogP contribution in [0.1, 0.15) is 45.1 Å². The Morgan fingerprint density at radius 2 is 2.04 bits per heavy atom. The highest BCUT2D eigenvalue weighted by Gasteiger charge is 2.49. The van der Waals surface area contributed by atoms with Crippen LogP contribution in [-0.4, -0.2) is 35.0 Å². The molecule has 0 unspecified atom stereocenters. The average molecular weight is 350 g/mol. The Morgan fingerprint density at radius 1 is 1.25 bits per heavy atom. The second kappa shape index (κ2) is 7.89. The molecule has 0 spiro atoms. The Balaban J connectivity index is 1.30. The SMILES string of the molecule is CC1(C)O[C@H]2[C@H](CS[C@H]2CCCCC(=O)OCc2ccccc2)O1. The van der Waals surface area contributed by atoms with Gasteiger partial charge in [0.1, 0.15) is 6.61 Å². The second-order valence-electron chi connectivity index (χ2n) is 6.90. The molecular formula is C19H26O4S. The van der Waals surface area contributed by atoms with Crippen molar-refractivity contribution in [1.82, 2.24) is 0 Å². The van der Waals surface area contributed by atoms with Crippen molar-refractivity contribution in [2.45, 2.75) is 69.4 Å². The number of hydrogen-bond acceptors (Lipinski definition) is 5. The number of carbonyl (C=O) groups excluding carboxylic acids is 1. The third-order valence-corrected chi connectivity index (χ3v) is 5.88. The molecule has 2 aliphatic heterocycles. The predicted molar refractivity (Wildman–Crippen MR) is 94.8 cm³/mol. The lowest BCUT2D eigenvalue weighted by Gasteiger charge is -2.21. The molecule has 132 valence electrons. The first-order valence-corrected chi connectivity index (χ1v) is 9.75. The first-order valence-electron chi connectivity index (χ1n) is 8.70. The highest BCUT2D eigenvalue weighted by Crippen LogP contribution is 2.42. The summed E-state index contributed by atoms with van der Waals surface area (Å²) < 4.78 is 17.2. The standard InChI is InChI=1S/C19H26O4S/c1-19(2)22-15-13-24-16(18(15)23-19)10-6-7-11-17(20)21-12-14-8-4-3-5-9-14/h3-5,8-9,15-16,18H,6-7,10-13H2,1-2H3/t15-,16-,18-/m0/s1. The molecule has 2 aliphatic rings. The largest absolute Gasteiger partial charge is 0.461 e. The molecule has 1 aromatic carbocycles. The highest BCUT2D eigenvalue weighted by atomic mass is 32.2. The lowest BCUT2D eigenvalue weighted by molar-refractivity contribution is -0.145. The Bertz CT molecular complexity index is 546. The zero-order chi connectivity index (χ0) is 17.0. The van der Waals surface area contributed by atoms with Crippen LogP contribution in [0.5, 0.6) is 0 Å². The number of unbranched alkanes of at least 4 members (excludes halogenated alkanes) is 1. The molecule has 0 amide bonds. The monoisotopic (exact) mass is 350 g/mol. The zero-order valence-corrected chi connectivity index (χ0v) is 15.2. The van der Waals surface area contributed by atoms with Crippen molar-refractivity contribution in [1.29, 1.82) is 0 Å². The molecule has 3 atom stereocenters. The zero-order valence-electron chi connectivity index (χ0n) is 14.4. The fraction of sp³-hybridized carbons (Fsp3) is 0.632. The van der Waals surface area contributed by atoms with E-state index >= 15 is 0 Å². The molecule has 2 fully saturated rings. The first kappa shape index (κ1) is 17.8. The van der Waals surface area contributed by atoms with E-state index in [1.54, 1.807) is 0 Å². The molecule has 0 aliphatic carbocycles. The van der Waals surface area contributed by atoms with Crippen LogP contribution in [-0.2, 0) is 25.6 Å². The van der Waals surface area contributed by atoms with Crippen LogP contribution in [0.25, 0.3) is 0 Å². The van der Waals surface area contributed by atoms with Gasteiger partial charge in [0.25, 0.3) is 0 Å². The summed E-state index contributed by atoms with van der Waals surface area (Å²) in [6.07, 6.45) is 3.87. The minimum absolute atomic E-state index is 0.114. The summed E-state index contributed by atoms with van der Waals surface area (Å²) in [5.74, 6) is 0.450. The predicted octanol–water partition coefficient (Wildman–Crippen LogP) is 3.93. The molecule has 5 heteroatoms. The third kappa shape index (κ3) is 4.74. The number of hydrogen-bond donors (Lipinski definition) is 0. The molecule has 2 heterocycles. The van der Waals surface area contributed by atoms with E-state index in [-0.39, 0.29) is 18.2 Å². The number of ether oxygens (including phenoxy) is 3. The normalized spacial score (nSPS) is 27.8. The molecule has 0 radical (unpaired) electrons. The van der Waals surface area contributed by atoms with Gasteiger partial charge in [-0.05, 0) is 32.3 Å². The summed E-state index contributed by atoms with van der Waals surface area (Å²) in [4.78, 5) is 11.8. The maximum absolute atomic E-state index is 11.8. The summed E-state index contributed by atoms with van der Waals surface area (Å²) in [6.45, 7) is 4.33. The van der Waals surface area contributed by atoms with Gasteiger partial charge in [0.15, 0.2) is 5.79 Å². The number of carbonyl (C=O) groups is 1. The van der Waals surface area contributed by atoms with Gasteiger partial charge in [-0.3, -0.25) is 4.79 Å². The average Bonchev–Trinajstić information content (AvgIpc) is 3.06. The first-order chi connectivity index (χ1) is 11.5. The second-order valence-corrected chi connectivity index (χ2v) is 8.17.